The Labute approximate surface area is 152 Å². The van der Waals surface area contributed by atoms with Gasteiger partial charge in [-0.25, -0.2) is 4.98 Å². The van der Waals surface area contributed by atoms with E-state index in [0.717, 1.165) is 10.1 Å². The van der Waals surface area contributed by atoms with E-state index in [1.807, 2.05) is 0 Å². The van der Waals surface area contributed by atoms with Crippen LogP contribution in [0.4, 0.5) is 13.2 Å². The van der Waals surface area contributed by atoms with E-state index in [1.165, 1.54) is 12.1 Å². The summed E-state index contributed by atoms with van der Waals surface area (Å²) in [6.45, 7) is 1.27. The SMILES string of the molecule is CC(NC(=O)Cn1c(C(F)(F)F)nc2ccccc21)c1ccc(Cl)cc1. The highest BCUT2D eigenvalue weighted by molar-refractivity contribution is 6.30. The molecule has 3 rings (SSSR count). The largest absolute Gasteiger partial charge is 0.449 e. The summed E-state index contributed by atoms with van der Waals surface area (Å²) in [5.41, 5.74) is 1.25. The number of carbonyl (C=O) groups excluding carboxylic acids is 1. The highest BCUT2D eigenvalue weighted by atomic mass is 35.5. The van der Waals surface area contributed by atoms with Crippen LogP contribution in [0.1, 0.15) is 24.4 Å². The van der Waals surface area contributed by atoms with Crippen LogP contribution >= 0.6 is 11.6 Å². The van der Waals surface area contributed by atoms with Crippen LogP contribution in [-0.2, 0) is 17.5 Å². The first-order valence-electron chi connectivity index (χ1n) is 7.83. The average molecular weight is 382 g/mol. The lowest BCUT2D eigenvalue weighted by molar-refractivity contribution is -0.147. The third-order valence-electron chi connectivity index (χ3n) is 3.96. The normalized spacial score (nSPS) is 13.0. The molecule has 0 bridgehead atoms. The molecule has 26 heavy (non-hydrogen) atoms. The first kappa shape index (κ1) is 18.3. The van der Waals surface area contributed by atoms with Gasteiger partial charge in [0.1, 0.15) is 6.54 Å². The summed E-state index contributed by atoms with van der Waals surface area (Å²) in [6.07, 6.45) is -4.65. The molecule has 2 aromatic carbocycles. The molecule has 0 aliphatic carbocycles. The molecule has 0 saturated carbocycles. The molecule has 0 fully saturated rings. The van der Waals surface area contributed by atoms with Gasteiger partial charge in [0, 0.05) is 5.02 Å². The Morgan fingerprint density at radius 2 is 1.85 bits per heavy atom. The van der Waals surface area contributed by atoms with E-state index < -0.39 is 24.5 Å². The van der Waals surface area contributed by atoms with Crippen molar-refractivity contribution in [2.45, 2.75) is 25.7 Å². The smallest absolute Gasteiger partial charge is 0.348 e. The maximum absolute atomic E-state index is 13.3. The first-order chi connectivity index (χ1) is 12.3. The van der Waals surface area contributed by atoms with Crippen molar-refractivity contribution in [2.75, 3.05) is 0 Å². The van der Waals surface area contributed by atoms with Gasteiger partial charge >= 0.3 is 6.18 Å². The molecule has 0 aliphatic rings. The Kier molecular flexibility index (Phi) is 4.91. The molecule has 3 aromatic rings. The van der Waals surface area contributed by atoms with Crippen LogP contribution in [0.2, 0.25) is 5.02 Å². The summed E-state index contributed by atoms with van der Waals surface area (Å²) in [5, 5.41) is 3.26. The minimum Gasteiger partial charge on any atom is -0.348 e. The number of para-hydroxylation sites is 2. The zero-order valence-electron chi connectivity index (χ0n) is 13.7. The molecule has 0 aliphatic heterocycles. The highest BCUT2D eigenvalue weighted by Crippen LogP contribution is 2.31. The fourth-order valence-electron chi connectivity index (χ4n) is 2.72. The predicted octanol–water partition coefficient (Wildman–Crippen LogP) is 4.59. The van der Waals surface area contributed by atoms with Crippen molar-refractivity contribution in [3.05, 3.63) is 64.9 Å². The van der Waals surface area contributed by atoms with Crippen molar-refractivity contribution in [3.63, 3.8) is 0 Å². The van der Waals surface area contributed by atoms with Crippen LogP contribution in [0.5, 0.6) is 0 Å². The second-order valence-electron chi connectivity index (χ2n) is 5.85. The van der Waals surface area contributed by atoms with Gasteiger partial charge in [-0.3, -0.25) is 4.79 Å². The topological polar surface area (TPSA) is 46.9 Å². The number of imidazole rings is 1. The van der Waals surface area contributed by atoms with Crippen molar-refractivity contribution in [1.82, 2.24) is 14.9 Å². The number of aromatic nitrogens is 2. The predicted molar refractivity (Wildman–Crippen MR) is 92.7 cm³/mol. The van der Waals surface area contributed by atoms with E-state index in [4.69, 9.17) is 11.6 Å². The van der Waals surface area contributed by atoms with Crippen molar-refractivity contribution >= 4 is 28.5 Å². The molecule has 1 atom stereocenters. The van der Waals surface area contributed by atoms with Crippen LogP contribution in [0, 0.1) is 0 Å². The lowest BCUT2D eigenvalue weighted by atomic mass is 10.1. The molecule has 1 N–H and O–H groups in total. The van der Waals surface area contributed by atoms with Gasteiger partial charge in [0.15, 0.2) is 0 Å². The number of nitrogens with zero attached hydrogens (tertiary/aromatic N) is 2. The van der Waals surface area contributed by atoms with E-state index in [1.54, 1.807) is 43.3 Å². The molecule has 0 spiro atoms. The summed E-state index contributed by atoms with van der Waals surface area (Å²) >= 11 is 5.83. The Morgan fingerprint density at radius 1 is 1.19 bits per heavy atom. The number of amides is 1. The highest BCUT2D eigenvalue weighted by Gasteiger charge is 2.38. The van der Waals surface area contributed by atoms with E-state index in [9.17, 15) is 18.0 Å². The second kappa shape index (κ2) is 6.99. The van der Waals surface area contributed by atoms with Gasteiger partial charge in [0.05, 0.1) is 17.1 Å². The van der Waals surface area contributed by atoms with Gasteiger partial charge in [0.25, 0.3) is 0 Å². The van der Waals surface area contributed by atoms with Gasteiger partial charge in [-0.05, 0) is 36.8 Å². The van der Waals surface area contributed by atoms with Gasteiger partial charge in [0.2, 0.25) is 11.7 Å². The van der Waals surface area contributed by atoms with Crippen molar-refractivity contribution in [3.8, 4) is 0 Å². The van der Waals surface area contributed by atoms with Crippen LogP contribution < -0.4 is 5.32 Å². The summed E-state index contributed by atoms with van der Waals surface area (Å²) in [5.74, 6) is -1.63. The Bertz CT molecular complexity index is 935. The Hall–Kier alpha value is -2.54. The van der Waals surface area contributed by atoms with Crippen molar-refractivity contribution in [2.24, 2.45) is 0 Å². The summed E-state index contributed by atoms with van der Waals surface area (Å²) < 4.78 is 40.7. The van der Waals surface area contributed by atoms with Crippen LogP contribution in [0.3, 0.4) is 0 Å². The number of rotatable bonds is 4. The number of halogens is 4. The molecule has 136 valence electrons. The third-order valence-corrected chi connectivity index (χ3v) is 4.21. The monoisotopic (exact) mass is 381 g/mol. The minimum absolute atomic E-state index is 0.193. The fourth-order valence-corrected chi connectivity index (χ4v) is 2.84. The zero-order valence-corrected chi connectivity index (χ0v) is 14.5. The van der Waals surface area contributed by atoms with E-state index in [-0.39, 0.29) is 17.1 Å². The summed E-state index contributed by atoms with van der Waals surface area (Å²) in [7, 11) is 0. The van der Waals surface area contributed by atoms with Crippen molar-refractivity contribution < 1.29 is 18.0 Å². The van der Waals surface area contributed by atoms with Crippen LogP contribution in [-0.4, -0.2) is 15.5 Å². The first-order valence-corrected chi connectivity index (χ1v) is 8.21. The number of alkyl halides is 3. The van der Waals surface area contributed by atoms with Gasteiger partial charge in [-0.2, -0.15) is 13.2 Å². The number of hydrogen-bond donors (Lipinski definition) is 1. The molecule has 1 unspecified atom stereocenters. The van der Waals surface area contributed by atoms with Gasteiger partial charge < -0.3 is 9.88 Å². The maximum atomic E-state index is 13.3. The second-order valence-corrected chi connectivity index (χ2v) is 6.29. The lowest BCUT2D eigenvalue weighted by Crippen LogP contribution is -2.31. The van der Waals surface area contributed by atoms with Crippen LogP contribution in [0.15, 0.2) is 48.5 Å². The molecule has 1 aromatic heterocycles. The maximum Gasteiger partial charge on any atom is 0.449 e. The zero-order chi connectivity index (χ0) is 18.9. The number of benzene rings is 2. The molecule has 8 heteroatoms. The molecule has 0 radical (unpaired) electrons. The van der Waals surface area contributed by atoms with E-state index >= 15 is 0 Å². The average Bonchev–Trinajstić information content (AvgIpc) is 2.94. The Morgan fingerprint density at radius 3 is 2.50 bits per heavy atom. The third kappa shape index (κ3) is 3.83. The van der Waals surface area contributed by atoms with E-state index in [0.29, 0.717) is 5.02 Å². The van der Waals surface area contributed by atoms with E-state index in [2.05, 4.69) is 10.3 Å². The molecule has 1 amide bonds. The quantitative estimate of drug-likeness (QED) is 0.718. The minimum atomic E-state index is -4.65. The molecule has 4 nitrogen and oxygen atoms in total. The number of hydrogen-bond acceptors (Lipinski definition) is 2. The van der Waals surface area contributed by atoms with Crippen LogP contribution in [0.25, 0.3) is 11.0 Å². The number of carbonyl (C=O) groups is 1. The lowest BCUT2D eigenvalue weighted by Gasteiger charge is -2.16. The molecular formula is C18H15ClF3N3O. The van der Waals surface area contributed by atoms with Gasteiger partial charge in [-0.1, -0.05) is 35.9 Å². The fraction of sp³-hybridized carbons (Fsp3) is 0.222. The summed E-state index contributed by atoms with van der Waals surface area (Å²) in [6, 6.07) is 12.7. The molecule has 0 saturated heterocycles. The number of fused-ring (bicyclic) bond motifs is 1. The molecule has 1 heterocycles. The molecular weight excluding hydrogens is 367 g/mol. The van der Waals surface area contributed by atoms with Gasteiger partial charge in [-0.15, -0.1) is 0 Å². The number of nitrogens with one attached hydrogen (secondary N) is 1. The van der Waals surface area contributed by atoms with Crippen molar-refractivity contribution in [1.29, 1.82) is 0 Å². The Balaban J connectivity index is 1.84. The summed E-state index contributed by atoms with van der Waals surface area (Å²) in [4.78, 5) is 16.0. The standard InChI is InChI=1S/C18H15ClF3N3O/c1-11(12-6-8-13(19)9-7-12)23-16(26)10-25-15-5-3-2-4-14(15)24-17(25)18(20,21)22/h2-9,11H,10H2,1H3,(H,23,26).